The molecule has 1 atom stereocenters. The van der Waals surface area contributed by atoms with Crippen molar-refractivity contribution in [3.05, 3.63) is 94.5 Å². The maximum absolute atomic E-state index is 13.4. The molecule has 3 rings (SSSR count). The van der Waals surface area contributed by atoms with Crippen molar-refractivity contribution < 1.29 is 22.7 Å². The number of ether oxygens (including phenoxy) is 1. The minimum Gasteiger partial charge on any atom is -0.489 e. The van der Waals surface area contributed by atoms with Gasteiger partial charge in [0.25, 0.3) is 0 Å². The number of carbonyl (C=O) groups excluding carboxylic acids is 2. The van der Waals surface area contributed by atoms with Gasteiger partial charge in [0.05, 0.1) is 11.9 Å². The Labute approximate surface area is 226 Å². The zero-order valence-corrected chi connectivity index (χ0v) is 23.3. The van der Waals surface area contributed by atoms with Crippen LogP contribution in [-0.4, -0.2) is 51.0 Å². The van der Waals surface area contributed by atoms with Crippen molar-refractivity contribution in [2.24, 2.45) is 0 Å². The summed E-state index contributed by atoms with van der Waals surface area (Å²) in [5, 5.41) is 2.55. The van der Waals surface area contributed by atoms with E-state index < -0.39 is 28.5 Å². The lowest BCUT2D eigenvalue weighted by Crippen LogP contribution is -2.50. The molecule has 0 aliphatic carbocycles. The molecular formula is C27H30BrN3O5S. The van der Waals surface area contributed by atoms with E-state index in [9.17, 15) is 18.0 Å². The highest BCUT2D eigenvalue weighted by molar-refractivity contribution is 9.10. The summed E-state index contributed by atoms with van der Waals surface area (Å²) in [7, 11) is -2.31. The minimum absolute atomic E-state index is 0.143. The second-order valence-electron chi connectivity index (χ2n) is 8.48. The van der Waals surface area contributed by atoms with Gasteiger partial charge in [0.15, 0.2) is 0 Å². The third-order valence-electron chi connectivity index (χ3n) is 5.73. The van der Waals surface area contributed by atoms with Gasteiger partial charge in [0.2, 0.25) is 21.8 Å². The lowest BCUT2D eigenvalue weighted by atomic mass is 10.1. The Morgan fingerprint density at radius 1 is 0.946 bits per heavy atom. The molecular weight excluding hydrogens is 558 g/mol. The lowest BCUT2D eigenvalue weighted by Gasteiger charge is -2.31. The van der Waals surface area contributed by atoms with Gasteiger partial charge < -0.3 is 15.0 Å². The smallest absolute Gasteiger partial charge is 0.244 e. The molecule has 8 nitrogen and oxygen atoms in total. The normalized spacial score (nSPS) is 11.9. The molecule has 0 heterocycles. The van der Waals surface area contributed by atoms with Crippen LogP contribution in [0.15, 0.2) is 83.3 Å². The Bertz CT molecular complexity index is 1300. The lowest BCUT2D eigenvalue weighted by molar-refractivity contribution is -0.139. The molecule has 2 amide bonds. The second-order valence-corrected chi connectivity index (χ2v) is 11.3. The molecule has 0 saturated heterocycles. The van der Waals surface area contributed by atoms with Gasteiger partial charge >= 0.3 is 0 Å². The molecule has 37 heavy (non-hydrogen) atoms. The van der Waals surface area contributed by atoms with E-state index in [4.69, 9.17) is 4.74 Å². The van der Waals surface area contributed by atoms with E-state index in [0.717, 1.165) is 26.2 Å². The summed E-state index contributed by atoms with van der Waals surface area (Å²) in [6.07, 6.45) is 1.04. The standard InChI is InChI=1S/C27H30BrN3O5S/c1-20(27(33)29-2)30(17-21-9-11-23(28)12-10-21)26(32)18-31(37(3,34)35)24-13-15-25(16-14-24)36-19-22-7-5-4-6-8-22/h4-16,20H,17-19H2,1-3H3,(H,29,33)/t20-/m1/s1. The fourth-order valence-electron chi connectivity index (χ4n) is 3.64. The summed E-state index contributed by atoms with van der Waals surface area (Å²) in [5.74, 6) is -0.289. The average molecular weight is 589 g/mol. The summed E-state index contributed by atoms with van der Waals surface area (Å²) in [6, 6.07) is 22.7. The summed E-state index contributed by atoms with van der Waals surface area (Å²) in [6.45, 7) is 1.67. The van der Waals surface area contributed by atoms with Crippen LogP contribution in [0.3, 0.4) is 0 Å². The van der Waals surface area contributed by atoms with E-state index in [1.54, 1.807) is 31.2 Å². The molecule has 3 aromatic rings. The quantitative estimate of drug-likeness (QED) is 0.366. The van der Waals surface area contributed by atoms with Gasteiger partial charge in [0.1, 0.15) is 24.9 Å². The van der Waals surface area contributed by atoms with Crippen molar-refractivity contribution in [3.63, 3.8) is 0 Å². The molecule has 3 aromatic carbocycles. The number of likely N-dealkylation sites (N-methyl/N-ethyl adjacent to an activating group) is 1. The molecule has 0 aliphatic heterocycles. The fourth-order valence-corrected chi connectivity index (χ4v) is 4.76. The van der Waals surface area contributed by atoms with E-state index >= 15 is 0 Å². The number of rotatable bonds is 11. The van der Waals surface area contributed by atoms with Crippen LogP contribution in [-0.2, 0) is 32.8 Å². The molecule has 0 aromatic heterocycles. The second kappa shape index (κ2) is 12.7. The molecule has 10 heteroatoms. The Hall–Kier alpha value is -3.37. The predicted molar refractivity (Wildman–Crippen MR) is 148 cm³/mol. The van der Waals surface area contributed by atoms with Gasteiger partial charge in [0, 0.05) is 18.1 Å². The number of anilines is 1. The molecule has 1 N–H and O–H groups in total. The van der Waals surface area contributed by atoms with Crippen LogP contribution in [0.5, 0.6) is 5.75 Å². The van der Waals surface area contributed by atoms with Crippen LogP contribution < -0.4 is 14.4 Å². The highest BCUT2D eigenvalue weighted by Crippen LogP contribution is 2.23. The van der Waals surface area contributed by atoms with Crippen molar-refractivity contribution in [1.82, 2.24) is 10.2 Å². The highest BCUT2D eigenvalue weighted by atomic mass is 79.9. The Kier molecular flexibility index (Phi) is 9.71. The Balaban J connectivity index is 1.80. The number of amides is 2. The number of halogens is 1. The molecule has 0 saturated carbocycles. The van der Waals surface area contributed by atoms with Gasteiger partial charge in [-0.3, -0.25) is 13.9 Å². The van der Waals surface area contributed by atoms with Gasteiger partial charge in [-0.05, 0) is 54.4 Å². The first kappa shape index (κ1) is 28.2. The molecule has 0 unspecified atom stereocenters. The summed E-state index contributed by atoms with van der Waals surface area (Å²) in [4.78, 5) is 27.2. The third kappa shape index (κ3) is 8.06. The SMILES string of the molecule is CNC(=O)[C@@H](C)N(Cc1ccc(Br)cc1)C(=O)CN(c1ccc(OCc2ccccc2)cc1)S(C)(=O)=O. The van der Waals surface area contributed by atoms with Crippen molar-refractivity contribution in [2.45, 2.75) is 26.1 Å². The monoisotopic (exact) mass is 587 g/mol. The van der Waals surface area contributed by atoms with Crippen LogP contribution in [0.25, 0.3) is 0 Å². The minimum atomic E-state index is -3.81. The average Bonchev–Trinajstić information content (AvgIpc) is 2.89. The molecule has 0 radical (unpaired) electrons. The zero-order chi connectivity index (χ0) is 27.0. The van der Waals surface area contributed by atoms with Crippen molar-refractivity contribution >= 4 is 43.5 Å². The van der Waals surface area contributed by atoms with E-state index in [1.165, 1.54) is 11.9 Å². The number of nitrogens with one attached hydrogen (secondary N) is 1. The molecule has 0 spiro atoms. The largest absolute Gasteiger partial charge is 0.489 e. The summed E-state index contributed by atoms with van der Waals surface area (Å²) < 4.78 is 33.1. The number of carbonyl (C=O) groups is 2. The number of sulfonamides is 1. The maximum Gasteiger partial charge on any atom is 0.244 e. The molecule has 0 fully saturated rings. The van der Waals surface area contributed by atoms with Gasteiger partial charge in [-0.2, -0.15) is 0 Å². The van der Waals surface area contributed by atoms with Crippen LogP contribution in [0.2, 0.25) is 0 Å². The number of hydrogen-bond acceptors (Lipinski definition) is 5. The van der Waals surface area contributed by atoms with E-state index in [1.807, 2.05) is 54.6 Å². The third-order valence-corrected chi connectivity index (χ3v) is 7.40. The molecule has 0 bridgehead atoms. The van der Waals surface area contributed by atoms with Gasteiger partial charge in [-0.1, -0.05) is 58.4 Å². The number of benzene rings is 3. The van der Waals surface area contributed by atoms with Crippen molar-refractivity contribution in [1.29, 1.82) is 0 Å². The topological polar surface area (TPSA) is 96.0 Å². The Morgan fingerprint density at radius 2 is 1.57 bits per heavy atom. The predicted octanol–water partition coefficient (Wildman–Crippen LogP) is 3.96. The number of hydrogen-bond donors (Lipinski definition) is 1. The first-order chi connectivity index (χ1) is 17.6. The van der Waals surface area contributed by atoms with Crippen LogP contribution in [0.4, 0.5) is 5.69 Å². The van der Waals surface area contributed by atoms with Crippen LogP contribution in [0.1, 0.15) is 18.1 Å². The Morgan fingerprint density at radius 3 is 2.14 bits per heavy atom. The van der Waals surface area contributed by atoms with E-state index in [0.29, 0.717) is 18.0 Å². The van der Waals surface area contributed by atoms with Crippen LogP contribution in [0, 0.1) is 0 Å². The summed E-state index contributed by atoms with van der Waals surface area (Å²) in [5.41, 5.74) is 2.13. The van der Waals surface area contributed by atoms with Crippen LogP contribution >= 0.6 is 15.9 Å². The maximum atomic E-state index is 13.4. The number of nitrogens with zero attached hydrogens (tertiary/aromatic N) is 2. The van der Waals surface area contributed by atoms with E-state index in [2.05, 4.69) is 21.2 Å². The van der Waals surface area contributed by atoms with Crippen molar-refractivity contribution in [2.75, 3.05) is 24.2 Å². The highest BCUT2D eigenvalue weighted by Gasteiger charge is 2.29. The molecule has 196 valence electrons. The fraction of sp³-hybridized carbons (Fsp3) is 0.259. The van der Waals surface area contributed by atoms with Gasteiger partial charge in [-0.15, -0.1) is 0 Å². The first-order valence-electron chi connectivity index (χ1n) is 11.6. The zero-order valence-electron chi connectivity index (χ0n) is 20.9. The van der Waals surface area contributed by atoms with Gasteiger partial charge in [-0.25, -0.2) is 8.42 Å². The van der Waals surface area contributed by atoms with Crippen molar-refractivity contribution in [3.8, 4) is 5.75 Å². The molecule has 0 aliphatic rings. The van der Waals surface area contributed by atoms with E-state index in [-0.39, 0.29) is 12.5 Å². The first-order valence-corrected chi connectivity index (χ1v) is 14.2. The summed E-state index contributed by atoms with van der Waals surface area (Å²) >= 11 is 3.38.